The first-order valence-corrected chi connectivity index (χ1v) is 11.9. The topological polar surface area (TPSA) is 115 Å². The van der Waals surface area contributed by atoms with E-state index in [-0.39, 0.29) is 22.7 Å². The van der Waals surface area contributed by atoms with Crippen molar-refractivity contribution in [1.29, 1.82) is 0 Å². The molecule has 3 aromatic carbocycles. The van der Waals surface area contributed by atoms with Gasteiger partial charge in [0.1, 0.15) is 6.04 Å². The highest BCUT2D eigenvalue weighted by Crippen LogP contribution is 2.37. The van der Waals surface area contributed by atoms with E-state index >= 15 is 0 Å². The molecule has 0 heterocycles. The largest absolute Gasteiger partial charge is 0.349 e. The number of anilines is 1. The zero-order valence-corrected chi connectivity index (χ0v) is 21.9. The summed E-state index contributed by atoms with van der Waals surface area (Å²) < 4.78 is 0. The van der Waals surface area contributed by atoms with E-state index in [9.17, 15) is 19.9 Å². The molecule has 3 rings (SSSR count). The Labute approximate surface area is 216 Å². The van der Waals surface area contributed by atoms with E-state index in [2.05, 4.69) is 15.3 Å². The number of ketones is 1. The molecule has 0 aliphatic rings. The molecule has 0 radical (unpaired) electrons. The van der Waals surface area contributed by atoms with Crippen molar-refractivity contribution in [2.75, 3.05) is 4.90 Å². The van der Waals surface area contributed by atoms with E-state index in [0.717, 1.165) is 11.1 Å². The molecule has 0 saturated heterocycles. The predicted molar refractivity (Wildman–Crippen MR) is 145 cm³/mol. The lowest BCUT2D eigenvalue weighted by Gasteiger charge is -2.35. The van der Waals surface area contributed by atoms with Crippen LogP contribution >= 0.6 is 0 Å². The van der Waals surface area contributed by atoms with Crippen molar-refractivity contribution >= 4 is 29.0 Å². The van der Waals surface area contributed by atoms with Crippen molar-refractivity contribution in [2.45, 2.75) is 53.1 Å². The van der Waals surface area contributed by atoms with Crippen LogP contribution in [0.3, 0.4) is 0 Å². The molecule has 0 bridgehead atoms. The van der Waals surface area contributed by atoms with E-state index in [1.165, 1.54) is 11.8 Å². The second-order valence-electron chi connectivity index (χ2n) is 10.0. The summed E-state index contributed by atoms with van der Waals surface area (Å²) in [5.41, 5.74) is 11.8. The Balaban J connectivity index is 2.40. The Kier molecular flexibility index (Phi) is 8.15. The zero-order valence-electron chi connectivity index (χ0n) is 21.9. The second-order valence-corrected chi connectivity index (χ2v) is 10.0. The molecule has 0 saturated carbocycles. The van der Waals surface area contributed by atoms with E-state index < -0.39 is 23.4 Å². The Hall–Kier alpha value is -4.42. The smallest absolute Gasteiger partial charge is 0.259 e. The zero-order chi connectivity index (χ0) is 27.3. The third-order valence-electron chi connectivity index (χ3n) is 5.62. The number of carbonyl (C=O) groups is 3. The normalized spacial score (nSPS) is 11.7. The molecule has 3 aromatic rings. The molecule has 190 valence electrons. The summed E-state index contributed by atoms with van der Waals surface area (Å²) in [5.74, 6) is -1.21. The van der Waals surface area contributed by atoms with Gasteiger partial charge in [-0.25, -0.2) is 0 Å². The summed E-state index contributed by atoms with van der Waals surface area (Å²) in [5, 5.41) is 6.76. The monoisotopic (exact) mass is 497 g/mol. The number of carbonyl (C=O) groups excluding carboxylic acids is 3. The minimum absolute atomic E-state index is 0.206. The number of hydrogen-bond acceptors (Lipinski definition) is 4. The van der Waals surface area contributed by atoms with Crippen LogP contribution in [0.4, 0.5) is 11.4 Å². The molecule has 0 spiro atoms. The predicted octanol–water partition coefficient (Wildman–Crippen LogP) is 6.75. The maximum absolute atomic E-state index is 14.3. The Bertz CT molecular complexity index is 1380. The van der Waals surface area contributed by atoms with Crippen LogP contribution in [0, 0.1) is 13.8 Å². The Morgan fingerprint density at radius 2 is 1.54 bits per heavy atom. The molecule has 0 fully saturated rings. The average Bonchev–Trinajstić information content (AvgIpc) is 2.81. The molecule has 1 atom stereocenters. The van der Waals surface area contributed by atoms with Crippen LogP contribution < -0.4 is 10.2 Å². The minimum atomic E-state index is -1.24. The lowest BCUT2D eigenvalue weighted by Crippen LogP contribution is -2.49. The number of nitrogens with one attached hydrogen (secondary N) is 1. The second kappa shape index (κ2) is 11.1. The molecule has 0 aliphatic carbocycles. The fourth-order valence-corrected chi connectivity index (χ4v) is 4.28. The van der Waals surface area contributed by atoms with Gasteiger partial charge >= 0.3 is 0 Å². The van der Waals surface area contributed by atoms with E-state index in [1.807, 2.05) is 40.7 Å². The SMILES string of the molecule is CC(=O)c1ccccc1N(C(=O)c1cc(C)cc(C)c1)C(C(=O)NC(C)(C)C)c1ccccc1N=[N+]=[N-]. The first-order chi connectivity index (χ1) is 17.4. The number of hydrogen-bond donors (Lipinski definition) is 1. The quantitative estimate of drug-likeness (QED) is 0.168. The fourth-order valence-electron chi connectivity index (χ4n) is 4.28. The molecule has 1 unspecified atom stereocenters. The van der Waals surface area contributed by atoms with E-state index in [0.29, 0.717) is 11.1 Å². The van der Waals surface area contributed by atoms with Crippen LogP contribution in [0.2, 0.25) is 0 Å². The molecule has 0 aliphatic heterocycles. The van der Waals surface area contributed by atoms with E-state index in [4.69, 9.17) is 0 Å². The van der Waals surface area contributed by atoms with Crippen LogP contribution in [-0.2, 0) is 4.79 Å². The van der Waals surface area contributed by atoms with Gasteiger partial charge < -0.3 is 5.32 Å². The number of para-hydroxylation sites is 1. The van der Waals surface area contributed by atoms with Crippen LogP contribution in [-0.4, -0.2) is 23.1 Å². The average molecular weight is 498 g/mol. The van der Waals surface area contributed by atoms with Crippen molar-refractivity contribution < 1.29 is 14.4 Å². The van der Waals surface area contributed by atoms with Gasteiger partial charge in [-0.05, 0) is 76.9 Å². The van der Waals surface area contributed by atoms with Gasteiger partial charge in [0.25, 0.3) is 5.91 Å². The molecule has 8 heteroatoms. The van der Waals surface area contributed by atoms with Gasteiger partial charge in [-0.15, -0.1) is 0 Å². The van der Waals surface area contributed by atoms with Crippen LogP contribution in [0.15, 0.2) is 71.8 Å². The van der Waals surface area contributed by atoms with Crippen molar-refractivity contribution in [3.63, 3.8) is 0 Å². The van der Waals surface area contributed by atoms with Gasteiger partial charge in [0.05, 0.1) is 5.69 Å². The highest BCUT2D eigenvalue weighted by Gasteiger charge is 2.37. The summed E-state index contributed by atoms with van der Waals surface area (Å²) in [6.07, 6.45) is 0. The number of benzene rings is 3. The molecule has 8 nitrogen and oxygen atoms in total. The van der Waals surface area contributed by atoms with Crippen LogP contribution in [0.5, 0.6) is 0 Å². The molecule has 2 amide bonds. The number of nitrogens with zero attached hydrogens (tertiary/aromatic N) is 4. The lowest BCUT2D eigenvalue weighted by molar-refractivity contribution is -0.123. The van der Waals surface area contributed by atoms with Gasteiger partial charge in [0.15, 0.2) is 5.78 Å². The Morgan fingerprint density at radius 3 is 2.14 bits per heavy atom. The van der Waals surface area contributed by atoms with Gasteiger partial charge in [0, 0.05) is 27.3 Å². The van der Waals surface area contributed by atoms with Gasteiger partial charge in [0.2, 0.25) is 5.91 Å². The van der Waals surface area contributed by atoms with Crippen molar-refractivity contribution in [3.8, 4) is 0 Å². The summed E-state index contributed by atoms with van der Waals surface area (Å²) in [6.45, 7) is 10.7. The summed E-state index contributed by atoms with van der Waals surface area (Å²) in [7, 11) is 0. The number of amides is 2. The molecule has 37 heavy (non-hydrogen) atoms. The number of Topliss-reactive ketones (excluding diaryl/α,β-unsaturated/α-hetero) is 1. The van der Waals surface area contributed by atoms with Crippen molar-refractivity contribution in [3.05, 3.63) is 105 Å². The molecule has 0 aromatic heterocycles. The van der Waals surface area contributed by atoms with Gasteiger partial charge in [-0.2, -0.15) is 0 Å². The lowest BCUT2D eigenvalue weighted by atomic mass is 9.96. The molecular formula is C29H31N5O3. The highest BCUT2D eigenvalue weighted by molar-refractivity contribution is 6.14. The summed E-state index contributed by atoms with van der Waals surface area (Å²) >= 11 is 0. The summed E-state index contributed by atoms with van der Waals surface area (Å²) in [6, 6.07) is 17.5. The number of rotatable bonds is 7. The molecule has 1 N–H and O–H groups in total. The van der Waals surface area contributed by atoms with Gasteiger partial charge in [-0.1, -0.05) is 58.7 Å². The third-order valence-corrected chi connectivity index (χ3v) is 5.62. The maximum atomic E-state index is 14.3. The number of azide groups is 1. The third kappa shape index (κ3) is 6.42. The van der Waals surface area contributed by atoms with Crippen molar-refractivity contribution in [1.82, 2.24) is 5.32 Å². The van der Waals surface area contributed by atoms with Crippen LogP contribution in [0.25, 0.3) is 10.4 Å². The fraction of sp³-hybridized carbons (Fsp3) is 0.276. The standard InChI is InChI=1S/C29H31N5O3/c1-18-15-19(2)17-21(16-18)28(37)34(25-14-10-8-11-22(25)20(3)35)26(27(36)31-29(4,5)6)23-12-7-9-13-24(23)32-33-30/h7-17,26H,1-6H3,(H,31,36). The first-order valence-electron chi connectivity index (χ1n) is 11.9. The minimum Gasteiger partial charge on any atom is -0.349 e. The highest BCUT2D eigenvalue weighted by atomic mass is 16.2. The van der Waals surface area contributed by atoms with Gasteiger partial charge in [-0.3, -0.25) is 19.3 Å². The first kappa shape index (κ1) is 27.2. The van der Waals surface area contributed by atoms with Crippen molar-refractivity contribution in [2.24, 2.45) is 5.11 Å². The molecular weight excluding hydrogens is 466 g/mol. The number of aryl methyl sites for hydroxylation is 2. The van der Waals surface area contributed by atoms with E-state index in [1.54, 1.807) is 60.7 Å². The maximum Gasteiger partial charge on any atom is 0.259 e. The summed E-state index contributed by atoms with van der Waals surface area (Å²) in [4.78, 5) is 45.2. The Morgan fingerprint density at radius 1 is 0.946 bits per heavy atom. The van der Waals surface area contributed by atoms with Crippen LogP contribution in [0.1, 0.15) is 71.1 Å².